The van der Waals surface area contributed by atoms with Gasteiger partial charge in [0.15, 0.2) is 5.82 Å². The lowest BCUT2D eigenvalue weighted by Gasteiger charge is -2.23. The van der Waals surface area contributed by atoms with Crippen LogP contribution in [0.2, 0.25) is 5.02 Å². The zero-order valence-corrected chi connectivity index (χ0v) is 24.2. The molecule has 4 heterocycles. The molecule has 5 rings (SSSR count). The van der Waals surface area contributed by atoms with Gasteiger partial charge in [0.05, 0.1) is 17.5 Å². The van der Waals surface area contributed by atoms with E-state index in [0.29, 0.717) is 23.0 Å². The predicted octanol–water partition coefficient (Wildman–Crippen LogP) is 5.55. The van der Waals surface area contributed by atoms with Crippen molar-refractivity contribution < 1.29 is 18.6 Å². The Balaban J connectivity index is 0.00000189. The van der Waals surface area contributed by atoms with Crippen LogP contribution in [0.3, 0.4) is 0 Å². The molecule has 0 aliphatic heterocycles. The number of halogens is 3. The van der Waals surface area contributed by atoms with Crippen LogP contribution in [0.25, 0.3) is 11.5 Å². The molecule has 1 N–H and O–H groups in total. The molecule has 11 heteroatoms. The van der Waals surface area contributed by atoms with E-state index < -0.39 is 28.4 Å². The van der Waals surface area contributed by atoms with Crippen LogP contribution in [-0.4, -0.2) is 24.2 Å². The highest BCUT2D eigenvalue weighted by Crippen LogP contribution is 2.44. The fourth-order valence-corrected chi connectivity index (χ4v) is 4.77. The van der Waals surface area contributed by atoms with Gasteiger partial charge in [-0.25, -0.2) is 13.8 Å². The number of aromatic nitrogens is 4. The number of aliphatic hydroxyl groups is 1. The molecular formula is C30H31ClF2N4O4. The van der Waals surface area contributed by atoms with Crippen LogP contribution in [0.4, 0.5) is 8.78 Å². The molecule has 0 radical (unpaired) electrons. The fraction of sp³-hybridized carbons (Fsp3) is 0.333. The van der Waals surface area contributed by atoms with E-state index in [4.69, 9.17) is 16.3 Å². The summed E-state index contributed by atoms with van der Waals surface area (Å²) in [4.78, 5) is 34.8. The lowest BCUT2D eigenvalue weighted by molar-refractivity contribution is 0.0314. The number of hydrogen-bond donors (Lipinski definition) is 1. The van der Waals surface area contributed by atoms with Gasteiger partial charge in [-0.05, 0) is 57.2 Å². The Labute approximate surface area is 240 Å². The Hall–Kier alpha value is -3.89. The van der Waals surface area contributed by atoms with Gasteiger partial charge in [-0.3, -0.25) is 23.7 Å². The van der Waals surface area contributed by atoms with Crippen molar-refractivity contribution in [2.24, 2.45) is 5.92 Å². The zero-order valence-electron chi connectivity index (χ0n) is 23.4. The van der Waals surface area contributed by atoms with E-state index in [1.807, 2.05) is 13.8 Å². The van der Waals surface area contributed by atoms with Crippen LogP contribution in [0.5, 0.6) is 5.75 Å². The molecule has 1 aliphatic rings. The average molecular weight is 585 g/mol. The van der Waals surface area contributed by atoms with Crippen molar-refractivity contribution >= 4 is 11.6 Å². The van der Waals surface area contributed by atoms with Crippen LogP contribution in [0, 0.1) is 31.4 Å². The SMILES string of the molecule is CC.Cc1cnc(-n2cccc(C(C)(O)C3CC3)c2=O)cc1-n1c(C)cc(OCc2ncc(F)cc2F)c(Cl)c1=O. The molecule has 0 amide bonds. The first kappa shape index (κ1) is 30.1. The van der Waals surface area contributed by atoms with E-state index in [1.54, 1.807) is 45.2 Å². The molecule has 1 saturated carbocycles. The number of aryl methyl sites for hydroxylation is 2. The largest absolute Gasteiger partial charge is 0.485 e. The van der Waals surface area contributed by atoms with Crippen LogP contribution in [-0.2, 0) is 12.2 Å². The second-order valence-electron chi connectivity index (χ2n) is 9.82. The van der Waals surface area contributed by atoms with Crippen LogP contribution in [0.1, 0.15) is 56.1 Å². The van der Waals surface area contributed by atoms with E-state index in [-0.39, 0.29) is 40.4 Å². The molecule has 0 spiro atoms. The highest BCUT2D eigenvalue weighted by Gasteiger charge is 2.43. The van der Waals surface area contributed by atoms with Gasteiger partial charge in [-0.2, -0.15) is 0 Å². The molecule has 0 aromatic carbocycles. The van der Waals surface area contributed by atoms with Gasteiger partial charge >= 0.3 is 0 Å². The summed E-state index contributed by atoms with van der Waals surface area (Å²) in [6, 6.07) is 7.09. The first-order valence-electron chi connectivity index (χ1n) is 13.3. The van der Waals surface area contributed by atoms with Gasteiger partial charge in [-0.15, -0.1) is 0 Å². The zero-order chi connectivity index (χ0) is 30.1. The second-order valence-corrected chi connectivity index (χ2v) is 10.2. The summed E-state index contributed by atoms with van der Waals surface area (Å²) >= 11 is 6.36. The summed E-state index contributed by atoms with van der Waals surface area (Å²) in [7, 11) is 0. The van der Waals surface area contributed by atoms with Crippen molar-refractivity contribution in [1.29, 1.82) is 0 Å². The predicted molar refractivity (Wildman–Crippen MR) is 152 cm³/mol. The van der Waals surface area contributed by atoms with Crippen molar-refractivity contribution in [3.8, 4) is 17.3 Å². The van der Waals surface area contributed by atoms with Gasteiger partial charge in [0.1, 0.15) is 34.7 Å². The Morgan fingerprint density at radius 2 is 1.80 bits per heavy atom. The summed E-state index contributed by atoms with van der Waals surface area (Å²) in [5, 5.41) is 10.7. The lowest BCUT2D eigenvalue weighted by atomic mass is 9.92. The maximum atomic E-state index is 14.0. The van der Waals surface area contributed by atoms with E-state index in [0.717, 1.165) is 19.0 Å². The summed E-state index contributed by atoms with van der Waals surface area (Å²) in [6.45, 7) is 8.71. The fourth-order valence-electron chi connectivity index (χ4n) is 4.58. The summed E-state index contributed by atoms with van der Waals surface area (Å²) in [6.07, 6.45) is 5.66. The first-order chi connectivity index (χ1) is 19.5. The molecule has 0 bridgehead atoms. The number of pyridine rings is 4. The first-order valence-corrected chi connectivity index (χ1v) is 13.6. The number of nitrogens with zero attached hydrogens (tertiary/aromatic N) is 4. The molecule has 1 aliphatic carbocycles. The highest BCUT2D eigenvalue weighted by molar-refractivity contribution is 6.31. The van der Waals surface area contributed by atoms with Crippen molar-refractivity contribution in [2.75, 3.05) is 0 Å². The van der Waals surface area contributed by atoms with Gasteiger partial charge in [-0.1, -0.05) is 25.4 Å². The smallest absolute Gasteiger partial charge is 0.277 e. The monoisotopic (exact) mass is 584 g/mol. The van der Waals surface area contributed by atoms with Gasteiger partial charge in [0.2, 0.25) is 0 Å². The summed E-state index contributed by atoms with van der Waals surface area (Å²) in [5.74, 6) is -1.40. The molecule has 4 aromatic heterocycles. The van der Waals surface area contributed by atoms with Crippen LogP contribution >= 0.6 is 11.6 Å². The maximum absolute atomic E-state index is 14.0. The molecule has 41 heavy (non-hydrogen) atoms. The van der Waals surface area contributed by atoms with Crippen LogP contribution in [0.15, 0.2) is 58.5 Å². The van der Waals surface area contributed by atoms with E-state index in [1.165, 1.54) is 21.4 Å². The van der Waals surface area contributed by atoms with Crippen molar-refractivity contribution in [2.45, 2.75) is 59.7 Å². The Morgan fingerprint density at radius 3 is 2.46 bits per heavy atom. The average Bonchev–Trinajstić information content (AvgIpc) is 3.80. The van der Waals surface area contributed by atoms with Crippen LogP contribution < -0.4 is 15.9 Å². The Bertz CT molecular complexity index is 1710. The number of rotatable bonds is 7. The van der Waals surface area contributed by atoms with Crippen molar-refractivity contribution in [3.05, 3.63) is 109 Å². The Kier molecular flexibility index (Phi) is 8.74. The molecule has 0 saturated heterocycles. The standard InChI is InChI=1S/C28H25ClF2N4O4.C2H6/c1-15-12-33-24(34-8-4-5-19(26(34)36)28(3,38)17-6-7-17)11-22(15)35-16(2)9-23(25(29)27(35)37)39-14-21-20(31)10-18(30)13-32-21;1-2/h4-5,8-13,17,38H,6-7,14H2,1-3H3;1-2H3. The molecule has 1 atom stereocenters. The molecular weight excluding hydrogens is 554 g/mol. The second kappa shape index (κ2) is 11.9. The maximum Gasteiger partial charge on any atom is 0.277 e. The Morgan fingerprint density at radius 1 is 1.10 bits per heavy atom. The third-order valence-electron chi connectivity index (χ3n) is 6.96. The lowest BCUT2D eigenvalue weighted by Crippen LogP contribution is -2.34. The summed E-state index contributed by atoms with van der Waals surface area (Å²) in [5.41, 5.74) is -0.587. The molecule has 1 unspecified atom stereocenters. The molecule has 4 aromatic rings. The van der Waals surface area contributed by atoms with Gasteiger partial charge in [0.25, 0.3) is 11.1 Å². The quantitative estimate of drug-likeness (QED) is 0.306. The normalized spacial score (nSPS) is 14.2. The topological polar surface area (TPSA) is 99.2 Å². The third kappa shape index (κ3) is 5.94. The highest BCUT2D eigenvalue weighted by atomic mass is 35.5. The van der Waals surface area contributed by atoms with Gasteiger partial charge in [0, 0.05) is 41.9 Å². The minimum absolute atomic E-state index is 0.0131. The minimum Gasteiger partial charge on any atom is -0.485 e. The van der Waals surface area contributed by atoms with Gasteiger partial charge < -0.3 is 9.84 Å². The molecule has 8 nitrogen and oxygen atoms in total. The van der Waals surface area contributed by atoms with E-state index in [2.05, 4.69) is 9.97 Å². The molecule has 1 fully saturated rings. The minimum atomic E-state index is -1.25. The number of ether oxygens (including phenoxy) is 1. The van der Waals surface area contributed by atoms with E-state index in [9.17, 15) is 23.5 Å². The number of hydrogen-bond acceptors (Lipinski definition) is 6. The van der Waals surface area contributed by atoms with Crippen molar-refractivity contribution in [3.63, 3.8) is 0 Å². The molecule has 216 valence electrons. The summed E-state index contributed by atoms with van der Waals surface area (Å²) < 4.78 is 35.3. The van der Waals surface area contributed by atoms with E-state index >= 15 is 0 Å². The van der Waals surface area contributed by atoms with Crippen molar-refractivity contribution in [1.82, 2.24) is 19.1 Å². The third-order valence-corrected chi connectivity index (χ3v) is 7.31.